The van der Waals surface area contributed by atoms with Crippen molar-refractivity contribution in [2.75, 3.05) is 13.7 Å². The molecule has 1 fully saturated rings. The summed E-state index contributed by atoms with van der Waals surface area (Å²) >= 11 is 0. The Morgan fingerprint density at radius 2 is 1.85 bits per heavy atom. The van der Waals surface area contributed by atoms with Crippen molar-refractivity contribution in [3.05, 3.63) is 0 Å². The zero-order valence-corrected chi connectivity index (χ0v) is 18.3. The number of amides is 1. The van der Waals surface area contributed by atoms with Crippen LogP contribution < -0.4 is 5.32 Å². The predicted molar refractivity (Wildman–Crippen MR) is 101 cm³/mol. The molecular weight excluding hydrogens is 354 g/mol. The van der Waals surface area contributed by atoms with Crippen molar-refractivity contribution in [2.24, 2.45) is 11.8 Å². The summed E-state index contributed by atoms with van der Waals surface area (Å²) in [6.45, 7) is 13.2. The van der Waals surface area contributed by atoms with Crippen molar-refractivity contribution < 1.29 is 29.0 Å². The minimum Gasteiger partial charge on any atom is -0.467 e. The van der Waals surface area contributed by atoms with Gasteiger partial charge >= 0.3 is 5.97 Å². The first kappa shape index (κ1) is 23.1. The Bertz CT molecular complexity index is 534. The second kappa shape index (κ2) is 7.96. The van der Waals surface area contributed by atoms with Gasteiger partial charge in [0.25, 0.3) is 0 Å². The number of carbonyl (C=O) groups is 2. The van der Waals surface area contributed by atoms with Gasteiger partial charge < -0.3 is 24.7 Å². The van der Waals surface area contributed by atoms with Crippen LogP contribution in [0.2, 0.25) is 18.6 Å². The standard InChI is InChI=1S/C18H35NO6Si/c1-11(2)14(25-26(7,8)12(3)4)18(16(22)24-6)17(5,23)13(9-10-20)15(21)19-18/h11-14,20,23H,9-10H2,1-8H3,(H,19,21)/t13-,14-,17-,18+/m0/s1. The third kappa shape index (κ3) is 3.69. The number of rotatable bonds is 8. The molecule has 1 saturated heterocycles. The highest BCUT2D eigenvalue weighted by atomic mass is 28.4. The highest BCUT2D eigenvalue weighted by Gasteiger charge is 2.70. The molecule has 0 aromatic rings. The first-order chi connectivity index (χ1) is 11.8. The van der Waals surface area contributed by atoms with Crippen molar-refractivity contribution >= 4 is 20.2 Å². The monoisotopic (exact) mass is 389 g/mol. The molecule has 1 aliphatic rings. The summed E-state index contributed by atoms with van der Waals surface area (Å²) in [4.78, 5) is 25.5. The number of hydrogen-bond donors (Lipinski definition) is 3. The maximum Gasteiger partial charge on any atom is 0.337 e. The van der Waals surface area contributed by atoms with Crippen LogP contribution in [-0.4, -0.2) is 61.4 Å². The van der Waals surface area contributed by atoms with Gasteiger partial charge in [-0.1, -0.05) is 27.7 Å². The van der Waals surface area contributed by atoms with E-state index in [-0.39, 0.29) is 24.5 Å². The normalized spacial score (nSPS) is 30.6. The van der Waals surface area contributed by atoms with Crippen molar-refractivity contribution in [1.29, 1.82) is 0 Å². The van der Waals surface area contributed by atoms with Gasteiger partial charge in [-0.3, -0.25) is 4.79 Å². The number of nitrogens with one attached hydrogen (secondary N) is 1. The minimum atomic E-state index is -2.22. The minimum absolute atomic E-state index is 0.0490. The highest BCUT2D eigenvalue weighted by Crippen LogP contribution is 2.45. The van der Waals surface area contributed by atoms with Crippen LogP contribution >= 0.6 is 0 Å². The molecule has 4 atom stereocenters. The third-order valence-electron chi connectivity index (χ3n) is 5.89. The van der Waals surface area contributed by atoms with E-state index in [4.69, 9.17) is 9.16 Å². The molecule has 26 heavy (non-hydrogen) atoms. The van der Waals surface area contributed by atoms with E-state index in [9.17, 15) is 19.8 Å². The average molecular weight is 390 g/mol. The molecule has 1 rings (SSSR count). The SMILES string of the molecule is COC(=O)[C@@]1([C@@H](O[Si](C)(C)C(C)C)C(C)C)NC(=O)[C@H](CCO)[C@]1(C)O. The zero-order valence-electron chi connectivity index (χ0n) is 17.3. The van der Waals surface area contributed by atoms with Crippen LogP contribution in [0.3, 0.4) is 0 Å². The molecule has 1 aliphatic heterocycles. The molecule has 1 heterocycles. The van der Waals surface area contributed by atoms with E-state index < -0.39 is 43.4 Å². The number of esters is 1. The number of ether oxygens (including phenoxy) is 1. The Labute approximate surface area is 157 Å². The number of carbonyl (C=O) groups excluding carboxylic acids is 2. The predicted octanol–water partition coefficient (Wildman–Crippen LogP) is 1.43. The average Bonchev–Trinajstić information content (AvgIpc) is 2.72. The van der Waals surface area contributed by atoms with Gasteiger partial charge in [-0.25, -0.2) is 4.79 Å². The maximum absolute atomic E-state index is 12.9. The van der Waals surface area contributed by atoms with E-state index >= 15 is 0 Å². The molecule has 0 saturated carbocycles. The van der Waals surface area contributed by atoms with E-state index in [0.29, 0.717) is 0 Å². The van der Waals surface area contributed by atoms with Crippen LogP contribution in [0.5, 0.6) is 0 Å². The van der Waals surface area contributed by atoms with Crippen LogP contribution in [0.4, 0.5) is 0 Å². The summed E-state index contributed by atoms with van der Waals surface area (Å²) < 4.78 is 11.5. The zero-order chi connectivity index (χ0) is 20.5. The van der Waals surface area contributed by atoms with Crippen LogP contribution in [0.25, 0.3) is 0 Å². The molecule has 0 radical (unpaired) electrons. The van der Waals surface area contributed by atoms with Crippen molar-refractivity contribution in [3.63, 3.8) is 0 Å². The summed E-state index contributed by atoms with van der Waals surface area (Å²) in [5, 5.41) is 23.4. The van der Waals surface area contributed by atoms with Gasteiger partial charge in [0.1, 0.15) is 5.60 Å². The first-order valence-corrected chi connectivity index (χ1v) is 12.2. The Morgan fingerprint density at radius 3 is 2.23 bits per heavy atom. The largest absolute Gasteiger partial charge is 0.467 e. The Morgan fingerprint density at radius 1 is 1.31 bits per heavy atom. The molecule has 7 nitrogen and oxygen atoms in total. The maximum atomic E-state index is 12.9. The molecule has 0 aromatic heterocycles. The number of aliphatic hydroxyl groups is 2. The van der Waals surface area contributed by atoms with Gasteiger partial charge in [0.05, 0.1) is 19.1 Å². The lowest BCUT2D eigenvalue weighted by Gasteiger charge is -2.48. The lowest BCUT2D eigenvalue weighted by Crippen LogP contribution is -2.72. The van der Waals surface area contributed by atoms with E-state index in [1.54, 1.807) is 0 Å². The quantitative estimate of drug-likeness (QED) is 0.428. The molecule has 0 bridgehead atoms. The molecule has 0 aliphatic carbocycles. The summed E-state index contributed by atoms with van der Waals surface area (Å²) in [5.74, 6) is -2.31. The summed E-state index contributed by atoms with van der Waals surface area (Å²) in [7, 11) is -0.994. The molecule has 8 heteroatoms. The topological polar surface area (TPSA) is 105 Å². The van der Waals surface area contributed by atoms with Gasteiger partial charge in [0.2, 0.25) is 5.91 Å². The second-order valence-corrected chi connectivity index (χ2v) is 13.1. The van der Waals surface area contributed by atoms with E-state index in [1.165, 1.54) is 14.0 Å². The molecule has 152 valence electrons. The lowest BCUT2D eigenvalue weighted by molar-refractivity contribution is -0.172. The Hall–Kier alpha value is -0.963. The van der Waals surface area contributed by atoms with Crippen molar-refractivity contribution in [1.82, 2.24) is 5.32 Å². The van der Waals surface area contributed by atoms with E-state index in [1.807, 2.05) is 13.8 Å². The summed E-state index contributed by atoms with van der Waals surface area (Å²) in [6.07, 6.45) is -0.713. The van der Waals surface area contributed by atoms with Crippen LogP contribution in [0.15, 0.2) is 0 Å². The molecule has 0 unspecified atom stereocenters. The lowest BCUT2D eigenvalue weighted by atomic mass is 9.70. The first-order valence-electron chi connectivity index (χ1n) is 9.21. The fraction of sp³-hybridized carbons (Fsp3) is 0.889. The number of aliphatic hydroxyl groups excluding tert-OH is 1. The molecule has 0 aromatic carbocycles. The molecular formula is C18H35NO6Si. The van der Waals surface area contributed by atoms with Gasteiger partial charge in [-0.15, -0.1) is 0 Å². The van der Waals surface area contributed by atoms with Crippen LogP contribution in [0, 0.1) is 11.8 Å². The smallest absolute Gasteiger partial charge is 0.337 e. The van der Waals surface area contributed by atoms with Gasteiger partial charge in [-0.05, 0) is 37.9 Å². The Balaban J connectivity index is 3.56. The van der Waals surface area contributed by atoms with E-state index in [2.05, 4.69) is 32.3 Å². The molecule has 0 spiro atoms. The second-order valence-electron chi connectivity index (χ2n) is 8.54. The number of methoxy groups -OCH3 is 1. The van der Waals surface area contributed by atoms with Gasteiger partial charge in [0.15, 0.2) is 13.9 Å². The molecule has 1 amide bonds. The highest BCUT2D eigenvalue weighted by molar-refractivity contribution is 6.72. The molecule has 3 N–H and O–H groups in total. The van der Waals surface area contributed by atoms with Crippen molar-refractivity contribution in [3.8, 4) is 0 Å². The van der Waals surface area contributed by atoms with Crippen molar-refractivity contribution in [2.45, 2.75) is 76.9 Å². The fourth-order valence-electron chi connectivity index (χ4n) is 3.56. The van der Waals surface area contributed by atoms with Gasteiger partial charge in [0, 0.05) is 6.61 Å². The number of hydrogen-bond acceptors (Lipinski definition) is 6. The Kier molecular flexibility index (Phi) is 7.06. The van der Waals surface area contributed by atoms with Crippen LogP contribution in [-0.2, 0) is 18.8 Å². The summed E-state index contributed by atoms with van der Waals surface area (Å²) in [5.41, 5.74) is -3.23. The van der Waals surface area contributed by atoms with Crippen LogP contribution in [0.1, 0.15) is 41.0 Å². The van der Waals surface area contributed by atoms with Gasteiger partial charge in [-0.2, -0.15) is 0 Å². The fourth-order valence-corrected chi connectivity index (χ4v) is 4.94. The summed E-state index contributed by atoms with van der Waals surface area (Å²) in [6, 6.07) is 0. The van der Waals surface area contributed by atoms with E-state index in [0.717, 1.165) is 0 Å². The third-order valence-corrected chi connectivity index (χ3v) is 9.53.